The molecule has 1 unspecified atom stereocenters. The number of rotatable bonds is 7. The summed E-state index contributed by atoms with van der Waals surface area (Å²) >= 11 is 6.03. The summed E-state index contributed by atoms with van der Waals surface area (Å²) in [6.45, 7) is -0.496. The standard InChI is InChI=1S/C6H17N2OPS2/c1-2-3-4-5-6-12-8-10(7,9)11/h2-6H2,1H3,(H4,7,8,9,11). The lowest BCUT2D eigenvalue weighted by molar-refractivity contribution is 0.620. The number of hydrogen-bond acceptors (Lipinski definition) is 2. The van der Waals surface area contributed by atoms with Gasteiger partial charge in [0.05, 0.1) is 0 Å². The van der Waals surface area contributed by atoms with Gasteiger partial charge in [-0.3, -0.25) is 5.50 Å². The van der Waals surface area contributed by atoms with E-state index in [0.717, 1.165) is 12.2 Å². The fourth-order valence-corrected chi connectivity index (χ4v) is 2.67. The zero-order chi connectivity index (χ0) is 9.45. The van der Waals surface area contributed by atoms with E-state index >= 15 is 0 Å². The van der Waals surface area contributed by atoms with Crippen molar-refractivity contribution in [1.29, 1.82) is 0 Å². The molecular weight excluding hydrogens is 211 g/mol. The molecule has 0 aliphatic rings. The highest BCUT2D eigenvalue weighted by Crippen LogP contribution is 2.27. The minimum atomic E-state index is -2.67. The highest BCUT2D eigenvalue weighted by atomic mass is 32.5. The molecular formula is C6H17N2OPS2. The SMILES string of the molecule is CCCCCCSNP(N)(O)=S. The monoisotopic (exact) mass is 228 g/mol. The van der Waals surface area contributed by atoms with Crippen molar-refractivity contribution in [2.75, 3.05) is 5.75 Å². The third-order valence-electron chi connectivity index (χ3n) is 1.30. The first-order valence-electron chi connectivity index (χ1n) is 4.06. The molecule has 0 saturated carbocycles. The number of hydrogen-bond donors (Lipinski definition) is 3. The molecule has 0 aliphatic heterocycles. The molecule has 12 heavy (non-hydrogen) atoms. The minimum Gasteiger partial charge on any atom is -0.342 e. The Bertz CT molecular complexity index is 150. The summed E-state index contributed by atoms with van der Waals surface area (Å²) < 4.78 is 2.67. The zero-order valence-corrected chi connectivity index (χ0v) is 9.85. The van der Waals surface area contributed by atoms with Crippen molar-refractivity contribution in [3.05, 3.63) is 0 Å². The number of unbranched alkanes of at least 4 members (excludes halogenated alkanes) is 3. The molecule has 0 aromatic rings. The van der Waals surface area contributed by atoms with Gasteiger partial charge in [-0.2, -0.15) is 0 Å². The Labute approximate surface area is 83.8 Å². The van der Waals surface area contributed by atoms with Crippen molar-refractivity contribution in [3.63, 3.8) is 0 Å². The van der Waals surface area contributed by atoms with Gasteiger partial charge in [0.15, 0.2) is 0 Å². The Morgan fingerprint density at radius 3 is 2.67 bits per heavy atom. The van der Waals surface area contributed by atoms with Crippen LogP contribution in [-0.2, 0) is 11.8 Å². The first-order chi connectivity index (χ1) is 5.56. The van der Waals surface area contributed by atoms with Crippen LogP contribution in [0, 0.1) is 0 Å². The maximum absolute atomic E-state index is 8.99. The predicted octanol–water partition coefficient (Wildman–Crippen LogP) is 1.98. The summed E-state index contributed by atoms with van der Waals surface area (Å²) in [4.78, 5) is 8.99. The van der Waals surface area contributed by atoms with Crippen LogP contribution >= 0.6 is 18.5 Å². The van der Waals surface area contributed by atoms with Gasteiger partial charge in [-0.25, -0.2) is 4.49 Å². The van der Waals surface area contributed by atoms with E-state index in [9.17, 15) is 0 Å². The lowest BCUT2D eigenvalue weighted by Crippen LogP contribution is -2.07. The summed E-state index contributed by atoms with van der Waals surface area (Å²) in [6.07, 6.45) is 4.91. The first-order valence-corrected chi connectivity index (χ1v) is 7.87. The van der Waals surface area contributed by atoms with E-state index in [4.69, 9.17) is 10.4 Å². The molecule has 74 valence electrons. The van der Waals surface area contributed by atoms with Crippen molar-refractivity contribution in [1.82, 2.24) is 4.49 Å². The zero-order valence-electron chi connectivity index (χ0n) is 7.32. The van der Waals surface area contributed by atoms with E-state index in [2.05, 4.69) is 23.2 Å². The molecule has 1 atom stereocenters. The van der Waals surface area contributed by atoms with Crippen LogP contribution in [0.1, 0.15) is 32.6 Å². The van der Waals surface area contributed by atoms with Crippen LogP contribution in [0.5, 0.6) is 0 Å². The number of nitrogens with two attached hydrogens (primary N) is 1. The molecule has 0 spiro atoms. The van der Waals surface area contributed by atoms with Crippen LogP contribution in [0.4, 0.5) is 0 Å². The van der Waals surface area contributed by atoms with Gasteiger partial charge in [0.1, 0.15) is 0 Å². The Kier molecular flexibility index (Phi) is 7.83. The second-order valence-electron chi connectivity index (χ2n) is 2.62. The van der Waals surface area contributed by atoms with Crippen molar-refractivity contribution in [3.8, 4) is 0 Å². The summed E-state index contributed by atoms with van der Waals surface area (Å²) in [6, 6.07) is 0. The number of nitrogens with one attached hydrogen (secondary N) is 1. The molecule has 3 nitrogen and oxygen atoms in total. The lowest BCUT2D eigenvalue weighted by atomic mass is 10.2. The molecule has 0 bridgehead atoms. The van der Waals surface area contributed by atoms with Gasteiger partial charge in [-0.05, 0) is 18.2 Å². The Morgan fingerprint density at radius 2 is 2.17 bits per heavy atom. The van der Waals surface area contributed by atoms with Crippen LogP contribution in [0.15, 0.2) is 0 Å². The highest BCUT2D eigenvalue weighted by molar-refractivity contribution is 8.16. The Morgan fingerprint density at radius 1 is 1.50 bits per heavy atom. The fourth-order valence-electron chi connectivity index (χ4n) is 0.739. The molecule has 0 aliphatic carbocycles. The van der Waals surface area contributed by atoms with Crippen molar-refractivity contribution >= 4 is 30.3 Å². The minimum absolute atomic E-state index is 0.968. The third-order valence-corrected chi connectivity index (χ3v) is 4.02. The van der Waals surface area contributed by atoms with E-state index < -0.39 is 6.57 Å². The van der Waals surface area contributed by atoms with E-state index in [-0.39, 0.29) is 0 Å². The smallest absolute Gasteiger partial charge is 0.202 e. The Balaban J connectivity index is 3.06. The maximum Gasteiger partial charge on any atom is 0.202 e. The van der Waals surface area contributed by atoms with Crippen LogP contribution < -0.4 is 10.00 Å². The normalized spacial score (nSPS) is 15.9. The molecule has 6 heteroatoms. The van der Waals surface area contributed by atoms with Gasteiger partial charge >= 0.3 is 0 Å². The molecule has 0 fully saturated rings. The van der Waals surface area contributed by atoms with Gasteiger partial charge in [0, 0.05) is 5.75 Å². The predicted molar refractivity (Wildman–Crippen MR) is 60.4 cm³/mol. The van der Waals surface area contributed by atoms with Crippen LogP contribution in [-0.4, -0.2) is 10.6 Å². The average Bonchev–Trinajstić information content (AvgIpc) is 1.94. The molecule has 0 aromatic heterocycles. The van der Waals surface area contributed by atoms with Crippen molar-refractivity contribution in [2.45, 2.75) is 32.6 Å². The molecule has 0 rings (SSSR count). The molecule has 0 amide bonds. The molecule has 0 saturated heterocycles. The van der Waals surface area contributed by atoms with Gasteiger partial charge in [0.25, 0.3) is 0 Å². The van der Waals surface area contributed by atoms with Crippen molar-refractivity contribution < 1.29 is 4.89 Å². The second kappa shape index (κ2) is 7.30. The molecule has 0 radical (unpaired) electrons. The summed E-state index contributed by atoms with van der Waals surface area (Å²) in [5, 5.41) is 0. The maximum atomic E-state index is 8.99. The van der Waals surface area contributed by atoms with Crippen LogP contribution in [0.2, 0.25) is 0 Å². The van der Waals surface area contributed by atoms with Gasteiger partial charge in [0.2, 0.25) is 6.57 Å². The topological polar surface area (TPSA) is 58.3 Å². The van der Waals surface area contributed by atoms with E-state index in [1.165, 1.54) is 31.2 Å². The van der Waals surface area contributed by atoms with Gasteiger partial charge in [-0.15, -0.1) is 0 Å². The van der Waals surface area contributed by atoms with Crippen LogP contribution in [0.3, 0.4) is 0 Å². The highest BCUT2D eigenvalue weighted by Gasteiger charge is 2.02. The van der Waals surface area contributed by atoms with Crippen molar-refractivity contribution in [2.24, 2.45) is 5.50 Å². The summed E-state index contributed by atoms with van der Waals surface area (Å²) in [5.74, 6) is 0.968. The fraction of sp³-hybridized carbons (Fsp3) is 1.00. The molecule has 4 N–H and O–H groups in total. The lowest BCUT2D eigenvalue weighted by Gasteiger charge is -2.09. The average molecular weight is 228 g/mol. The second-order valence-corrected chi connectivity index (χ2v) is 6.97. The largest absolute Gasteiger partial charge is 0.342 e. The third kappa shape index (κ3) is 10.9. The first kappa shape index (κ1) is 12.9. The van der Waals surface area contributed by atoms with Gasteiger partial charge in [-0.1, -0.05) is 38.1 Å². The van der Waals surface area contributed by atoms with Crippen LogP contribution in [0.25, 0.3) is 0 Å². The van der Waals surface area contributed by atoms with Gasteiger partial charge < -0.3 is 4.89 Å². The summed E-state index contributed by atoms with van der Waals surface area (Å²) in [5.41, 5.74) is 5.23. The van der Waals surface area contributed by atoms with E-state index in [0.29, 0.717) is 0 Å². The molecule has 0 aromatic carbocycles. The quantitative estimate of drug-likeness (QED) is 0.353. The summed E-state index contributed by atoms with van der Waals surface area (Å²) in [7, 11) is 0. The molecule has 0 heterocycles. The van der Waals surface area contributed by atoms with E-state index in [1.807, 2.05) is 0 Å². The Hall–Kier alpha value is 0.880. The van der Waals surface area contributed by atoms with E-state index in [1.54, 1.807) is 0 Å².